The van der Waals surface area contributed by atoms with Gasteiger partial charge in [0.25, 0.3) is 0 Å². The fourth-order valence-electron chi connectivity index (χ4n) is 1.37. The van der Waals surface area contributed by atoms with E-state index in [2.05, 4.69) is 12.1 Å². The van der Waals surface area contributed by atoms with E-state index in [4.69, 9.17) is 9.15 Å². The van der Waals surface area contributed by atoms with E-state index in [1.807, 2.05) is 42.5 Å². The Kier molecular flexibility index (Phi) is 3.97. The predicted octanol–water partition coefficient (Wildman–Crippen LogP) is 3.51. The van der Waals surface area contributed by atoms with Crippen molar-refractivity contribution in [1.82, 2.24) is 0 Å². The van der Waals surface area contributed by atoms with E-state index in [1.165, 1.54) is 5.56 Å². The summed E-state index contributed by atoms with van der Waals surface area (Å²) in [6, 6.07) is 13.9. The van der Waals surface area contributed by atoms with Gasteiger partial charge in [-0.05, 0) is 23.8 Å². The molecule has 2 rings (SSSR count). The molecule has 0 spiro atoms. The van der Waals surface area contributed by atoms with Gasteiger partial charge in [0, 0.05) is 0 Å². The molecule has 0 atom stereocenters. The molecule has 2 nitrogen and oxygen atoms in total. The van der Waals surface area contributed by atoms with Crippen LogP contribution in [0.1, 0.15) is 11.3 Å². The number of hydrogen-bond donors (Lipinski definition) is 0. The fraction of sp³-hybridized carbons (Fsp3) is 0.143. The summed E-state index contributed by atoms with van der Waals surface area (Å²) in [7, 11) is 0. The zero-order valence-electron chi connectivity index (χ0n) is 9.00. The molecule has 0 bridgehead atoms. The van der Waals surface area contributed by atoms with Crippen molar-refractivity contribution in [3.05, 3.63) is 66.1 Å². The van der Waals surface area contributed by atoms with Gasteiger partial charge in [-0.15, -0.1) is 0 Å². The van der Waals surface area contributed by atoms with Gasteiger partial charge in [-0.2, -0.15) is 0 Å². The standard InChI is InChI=1S/C14H14O2/c1-2-6-13(7-3-1)12-15-10-4-8-14-9-5-11-16-14/h1-9,11H,10,12H2/b8-4+. The lowest BCUT2D eigenvalue weighted by Crippen LogP contribution is -1.91. The molecule has 0 saturated carbocycles. The predicted molar refractivity (Wildman–Crippen MR) is 63.8 cm³/mol. The van der Waals surface area contributed by atoms with Crippen LogP contribution >= 0.6 is 0 Å². The monoisotopic (exact) mass is 214 g/mol. The van der Waals surface area contributed by atoms with Gasteiger partial charge in [-0.25, -0.2) is 0 Å². The first-order chi connectivity index (χ1) is 7.95. The van der Waals surface area contributed by atoms with Gasteiger partial charge in [0.05, 0.1) is 19.5 Å². The van der Waals surface area contributed by atoms with Crippen LogP contribution in [0.5, 0.6) is 0 Å². The fourth-order valence-corrected chi connectivity index (χ4v) is 1.37. The number of benzene rings is 1. The topological polar surface area (TPSA) is 22.4 Å². The average Bonchev–Trinajstić information content (AvgIpc) is 2.83. The molecule has 0 radical (unpaired) electrons. The molecule has 0 unspecified atom stereocenters. The van der Waals surface area contributed by atoms with Crippen LogP contribution in [0.2, 0.25) is 0 Å². The minimum absolute atomic E-state index is 0.593. The highest BCUT2D eigenvalue weighted by atomic mass is 16.5. The largest absolute Gasteiger partial charge is 0.465 e. The summed E-state index contributed by atoms with van der Waals surface area (Å²) in [4.78, 5) is 0. The molecule has 0 fully saturated rings. The summed E-state index contributed by atoms with van der Waals surface area (Å²) in [5.41, 5.74) is 1.19. The van der Waals surface area contributed by atoms with E-state index in [-0.39, 0.29) is 0 Å². The normalized spacial score (nSPS) is 11.0. The maximum absolute atomic E-state index is 5.49. The summed E-state index contributed by atoms with van der Waals surface area (Å²) in [5.74, 6) is 0.850. The second-order valence-corrected chi connectivity index (χ2v) is 3.42. The van der Waals surface area contributed by atoms with Gasteiger partial charge in [0.1, 0.15) is 5.76 Å². The Morgan fingerprint density at radius 3 is 2.69 bits per heavy atom. The number of hydrogen-bond acceptors (Lipinski definition) is 2. The highest BCUT2D eigenvalue weighted by Crippen LogP contribution is 2.03. The molecule has 0 aliphatic rings. The zero-order valence-corrected chi connectivity index (χ0v) is 9.00. The third-order valence-electron chi connectivity index (χ3n) is 2.15. The van der Waals surface area contributed by atoms with Crippen molar-refractivity contribution in [2.45, 2.75) is 6.61 Å². The SMILES string of the molecule is C(=C\c1ccco1)/COCc1ccccc1. The van der Waals surface area contributed by atoms with Gasteiger partial charge in [-0.1, -0.05) is 36.4 Å². The van der Waals surface area contributed by atoms with Crippen molar-refractivity contribution in [1.29, 1.82) is 0 Å². The minimum atomic E-state index is 0.593. The van der Waals surface area contributed by atoms with Crippen LogP contribution in [0.25, 0.3) is 6.08 Å². The lowest BCUT2D eigenvalue weighted by molar-refractivity contribution is 0.149. The lowest BCUT2D eigenvalue weighted by atomic mass is 10.2. The maximum atomic E-state index is 5.49. The summed E-state index contributed by atoms with van der Waals surface area (Å²) >= 11 is 0. The van der Waals surface area contributed by atoms with Crippen LogP contribution in [0.4, 0.5) is 0 Å². The molecule has 1 heterocycles. The Bertz CT molecular complexity index is 415. The molecule has 1 aromatic heterocycles. The van der Waals surface area contributed by atoms with Crippen LogP contribution in [0.3, 0.4) is 0 Å². The van der Waals surface area contributed by atoms with E-state index in [0.717, 1.165) is 5.76 Å². The molecule has 0 aliphatic heterocycles. The van der Waals surface area contributed by atoms with Crippen molar-refractivity contribution >= 4 is 6.08 Å². The van der Waals surface area contributed by atoms with Crippen molar-refractivity contribution in [3.8, 4) is 0 Å². The smallest absolute Gasteiger partial charge is 0.126 e. The second-order valence-electron chi connectivity index (χ2n) is 3.42. The van der Waals surface area contributed by atoms with Crippen molar-refractivity contribution < 1.29 is 9.15 Å². The Morgan fingerprint density at radius 1 is 1.06 bits per heavy atom. The van der Waals surface area contributed by atoms with Crippen LogP contribution in [0, 0.1) is 0 Å². The molecule has 0 saturated heterocycles. The quantitative estimate of drug-likeness (QED) is 0.711. The molecule has 0 amide bonds. The summed E-state index contributed by atoms with van der Waals surface area (Å²) in [6.07, 6.45) is 5.51. The molecule has 16 heavy (non-hydrogen) atoms. The molecule has 2 aromatic rings. The first-order valence-corrected chi connectivity index (χ1v) is 5.27. The van der Waals surface area contributed by atoms with Crippen LogP contribution in [0.15, 0.2) is 59.2 Å². The third kappa shape index (κ3) is 3.41. The number of rotatable bonds is 5. The van der Waals surface area contributed by atoms with E-state index < -0.39 is 0 Å². The molecular formula is C14H14O2. The molecule has 2 heteroatoms. The lowest BCUT2D eigenvalue weighted by Gasteiger charge is -2.00. The van der Waals surface area contributed by atoms with E-state index >= 15 is 0 Å². The van der Waals surface area contributed by atoms with Gasteiger partial charge in [0.15, 0.2) is 0 Å². The van der Waals surface area contributed by atoms with Gasteiger partial charge in [-0.3, -0.25) is 0 Å². The first-order valence-electron chi connectivity index (χ1n) is 5.27. The Balaban J connectivity index is 1.69. The highest BCUT2D eigenvalue weighted by Gasteiger charge is 1.90. The number of furan rings is 1. The third-order valence-corrected chi connectivity index (χ3v) is 2.15. The molecule has 82 valence electrons. The van der Waals surface area contributed by atoms with E-state index in [9.17, 15) is 0 Å². The van der Waals surface area contributed by atoms with Crippen molar-refractivity contribution in [2.24, 2.45) is 0 Å². The Morgan fingerprint density at radius 2 is 1.94 bits per heavy atom. The molecular weight excluding hydrogens is 200 g/mol. The van der Waals surface area contributed by atoms with Crippen LogP contribution < -0.4 is 0 Å². The highest BCUT2D eigenvalue weighted by molar-refractivity contribution is 5.41. The van der Waals surface area contributed by atoms with Crippen molar-refractivity contribution in [3.63, 3.8) is 0 Å². The summed E-state index contributed by atoms with van der Waals surface area (Å²) in [5, 5.41) is 0. The molecule has 1 aromatic carbocycles. The second kappa shape index (κ2) is 5.93. The van der Waals surface area contributed by atoms with Gasteiger partial charge < -0.3 is 9.15 Å². The minimum Gasteiger partial charge on any atom is -0.465 e. The number of ether oxygens (including phenoxy) is 1. The Hall–Kier alpha value is -1.80. The van der Waals surface area contributed by atoms with E-state index in [1.54, 1.807) is 6.26 Å². The van der Waals surface area contributed by atoms with Crippen LogP contribution in [-0.2, 0) is 11.3 Å². The van der Waals surface area contributed by atoms with Gasteiger partial charge >= 0.3 is 0 Å². The molecule has 0 N–H and O–H groups in total. The van der Waals surface area contributed by atoms with Crippen LogP contribution in [-0.4, -0.2) is 6.61 Å². The Labute approximate surface area is 95.2 Å². The maximum Gasteiger partial charge on any atom is 0.126 e. The summed E-state index contributed by atoms with van der Waals surface area (Å²) < 4.78 is 10.6. The first kappa shape index (κ1) is 10.7. The molecule has 0 aliphatic carbocycles. The van der Waals surface area contributed by atoms with Crippen molar-refractivity contribution in [2.75, 3.05) is 6.61 Å². The average molecular weight is 214 g/mol. The summed E-state index contributed by atoms with van der Waals surface area (Å²) in [6.45, 7) is 1.24. The van der Waals surface area contributed by atoms with E-state index in [0.29, 0.717) is 13.2 Å². The zero-order chi connectivity index (χ0) is 11.1. The van der Waals surface area contributed by atoms with Gasteiger partial charge in [0.2, 0.25) is 0 Å².